The summed E-state index contributed by atoms with van der Waals surface area (Å²) in [5.74, 6) is -0.422. The Hall–Kier alpha value is -4.06. The standard InChI is InChI=1S/C32H35NO5/c1-5-6-10-17-38-26-16-15-24(19-27(26)37-4)29-28(30(34)25-18-21(2)13-14-22(25)3)31(35)32(36)33(29)20-23-11-8-7-9-12-23/h7-9,11-16,18-19,29,34H,5-6,10,17,20H2,1-4H3. The number of aryl methyl sites for hydroxylation is 2. The molecule has 198 valence electrons. The van der Waals surface area contributed by atoms with Crippen LogP contribution in [0.2, 0.25) is 0 Å². The number of likely N-dealkylation sites (tertiary alicyclic amines) is 1. The minimum atomic E-state index is -0.793. The van der Waals surface area contributed by atoms with E-state index < -0.39 is 17.7 Å². The fraction of sp³-hybridized carbons (Fsp3) is 0.312. The van der Waals surface area contributed by atoms with E-state index in [0.29, 0.717) is 29.2 Å². The smallest absolute Gasteiger partial charge is 0.295 e. The Morgan fingerprint density at radius 3 is 2.42 bits per heavy atom. The van der Waals surface area contributed by atoms with Crippen molar-refractivity contribution in [3.63, 3.8) is 0 Å². The van der Waals surface area contributed by atoms with Gasteiger partial charge in [0, 0.05) is 12.1 Å². The van der Waals surface area contributed by atoms with Crippen molar-refractivity contribution in [3.8, 4) is 11.5 Å². The van der Waals surface area contributed by atoms with Crippen molar-refractivity contribution in [2.45, 2.75) is 52.6 Å². The first kappa shape index (κ1) is 27.0. The number of hydrogen-bond donors (Lipinski definition) is 1. The highest BCUT2D eigenvalue weighted by Crippen LogP contribution is 2.43. The van der Waals surface area contributed by atoms with Crippen molar-refractivity contribution in [2.24, 2.45) is 0 Å². The molecule has 0 saturated carbocycles. The second-order valence-corrected chi connectivity index (χ2v) is 9.70. The van der Waals surface area contributed by atoms with Gasteiger partial charge in [0.15, 0.2) is 11.5 Å². The van der Waals surface area contributed by atoms with Gasteiger partial charge in [0.1, 0.15) is 5.76 Å². The Balaban J connectivity index is 1.83. The second-order valence-electron chi connectivity index (χ2n) is 9.70. The number of Topliss-reactive ketones (excluding diaryl/α,β-unsaturated/α-hetero) is 1. The van der Waals surface area contributed by atoms with Crippen molar-refractivity contribution in [1.82, 2.24) is 4.90 Å². The Bertz CT molecular complexity index is 1350. The van der Waals surface area contributed by atoms with Crippen LogP contribution in [0.15, 0.2) is 72.3 Å². The van der Waals surface area contributed by atoms with Gasteiger partial charge in [-0.15, -0.1) is 0 Å². The van der Waals surface area contributed by atoms with E-state index >= 15 is 0 Å². The molecule has 1 unspecified atom stereocenters. The summed E-state index contributed by atoms with van der Waals surface area (Å²) in [7, 11) is 1.56. The molecule has 6 heteroatoms. The number of rotatable bonds is 10. The van der Waals surface area contributed by atoms with Crippen LogP contribution in [-0.2, 0) is 16.1 Å². The van der Waals surface area contributed by atoms with Crippen molar-refractivity contribution >= 4 is 17.4 Å². The molecule has 1 saturated heterocycles. The molecule has 1 amide bonds. The third-order valence-electron chi connectivity index (χ3n) is 6.89. The first-order valence-electron chi connectivity index (χ1n) is 13.1. The molecule has 38 heavy (non-hydrogen) atoms. The summed E-state index contributed by atoms with van der Waals surface area (Å²) >= 11 is 0. The van der Waals surface area contributed by atoms with E-state index in [1.165, 1.54) is 4.90 Å². The first-order chi connectivity index (χ1) is 18.3. The molecule has 0 radical (unpaired) electrons. The number of unbranched alkanes of at least 4 members (excludes halogenated alkanes) is 2. The number of ketones is 1. The van der Waals surface area contributed by atoms with Crippen molar-refractivity contribution in [2.75, 3.05) is 13.7 Å². The van der Waals surface area contributed by atoms with Gasteiger partial charge in [0.25, 0.3) is 11.7 Å². The first-order valence-corrected chi connectivity index (χ1v) is 13.1. The molecule has 0 bridgehead atoms. The molecule has 1 N–H and O–H groups in total. The Labute approximate surface area is 224 Å². The summed E-state index contributed by atoms with van der Waals surface area (Å²) in [6.07, 6.45) is 3.11. The molecule has 3 aromatic carbocycles. The Kier molecular flexibility index (Phi) is 8.52. The van der Waals surface area contributed by atoms with E-state index in [2.05, 4.69) is 6.92 Å². The van der Waals surface area contributed by atoms with E-state index in [9.17, 15) is 14.7 Å². The molecule has 1 fully saturated rings. The summed E-state index contributed by atoms with van der Waals surface area (Å²) in [6, 6.07) is 19.8. The fourth-order valence-corrected chi connectivity index (χ4v) is 4.81. The zero-order valence-corrected chi connectivity index (χ0v) is 22.5. The highest BCUT2D eigenvalue weighted by molar-refractivity contribution is 6.46. The molecule has 1 atom stereocenters. The second kappa shape index (κ2) is 12.0. The third-order valence-corrected chi connectivity index (χ3v) is 6.89. The van der Waals surface area contributed by atoms with Crippen LogP contribution in [0, 0.1) is 13.8 Å². The average Bonchev–Trinajstić information content (AvgIpc) is 3.17. The summed E-state index contributed by atoms with van der Waals surface area (Å²) in [6.45, 7) is 6.72. The van der Waals surface area contributed by atoms with Gasteiger partial charge in [0.05, 0.1) is 25.3 Å². The quantitative estimate of drug-likeness (QED) is 0.145. The van der Waals surface area contributed by atoms with E-state index in [0.717, 1.165) is 36.0 Å². The lowest BCUT2D eigenvalue weighted by Crippen LogP contribution is -2.29. The molecular formula is C32H35NO5. The lowest BCUT2D eigenvalue weighted by atomic mass is 9.93. The maximum Gasteiger partial charge on any atom is 0.295 e. The average molecular weight is 514 g/mol. The van der Waals surface area contributed by atoms with E-state index in [-0.39, 0.29) is 17.9 Å². The zero-order valence-electron chi connectivity index (χ0n) is 22.5. The number of carbonyl (C=O) groups excluding carboxylic acids is 2. The molecular weight excluding hydrogens is 478 g/mol. The topological polar surface area (TPSA) is 76.1 Å². The fourth-order valence-electron chi connectivity index (χ4n) is 4.81. The summed E-state index contributed by atoms with van der Waals surface area (Å²) in [5.41, 5.74) is 3.90. The van der Waals surface area contributed by atoms with Crippen LogP contribution in [0.4, 0.5) is 0 Å². The molecule has 3 aromatic rings. The normalized spacial score (nSPS) is 16.6. The highest BCUT2D eigenvalue weighted by atomic mass is 16.5. The van der Waals surface area contributed by atoms with Gasteiger partial charge in [-0.2, -0.15) is 0 Å². The summed E-state index contributed by atoms with van der Waals surface area (Å²) in [5, 5.41) is 11.5. The van der Waals surface area contributed by atoms with Gasteiger partial charge in [-0.3, -0.25) is 9.59 Å². The molecule has 1 aliphatic rings. The van der Waals surface area contributed by atoms with E-state index in [4.69, 9.17) is 9.47 Å². The van der Waals surface area contributed by atoms with Crippen molar-refractivity contribution in [1.29, 1.82) is 0 Å². The minimum Gasteiger partial charge on any atom is -0.507 e. The van der Waals surface area contributed by atoms with Gasteiger partial charge in [-0.05, 0) is 55.2 Å². The van der Waals surface area contributed by atoms with Gasteiger partial charge < -0.3 is 19.5 Å². The SMILES string of the molecule is CCCCCOc1ccc(C2C(=C(O)c3cc(C)ccc3C)C(=O)C(=O)N2Cc2ccccc2)cc1OC. The maximum atomic E-state index is 13.5. The van der Waals surface area contributed by atoms with Crippen LogP contribution in [0.25, 0.3) is 5.76 Å². The predicted molar refractivity (Wildman–Crippen MR) is 148 cm³/mol. The van der Waals surface area contributed by atoms with Gasteiger partial charge in [0.2, 0.25) is 0 Å². The van der Waals surface area contributed by atoms with Crippen LogP contribution in [0.1, 0.15) is 60.0 Å². The van der Waals surface area contributed by atoms with Crippen LogP contribution < -0.4 is 9.47 Å². The lowest BCUT2D eigenvalue weighted by Gasteiger charge is -2.26. The molecule has 0 aliphatic carbocycles. The minimum absolute atomic E-state index is 0.0679. The number of methoxy groups -OCH3 is 1. The largest absolute Gasteiger partial charge is 0.507 e. The highest BCUT2D eigenvalue weighted by Gasteiger charge is 2.46. The molecule has 1 aliphatic heterocycles. The number of carbonyl (C=O) groups is 2. The number of amides is 1. The predicted octanol–water partition coefficient (Wildman–Crippen LogP) is 6.50. The Morgan fingerprint density at radius 2 is 1.71 bits per heavy atom. The van der Waals surface area contributed by atoms with Crippen LogP contribution >= 0.6 is 0 Å². The number of hydrogen-bond acceptors (Lipinski definition) is 5. The maximum absolute atomic E-state index is 13.5. The summed E-state index contributed by atoms with van der Waals surface area (Å²) in [4.78, 5) is 28.4. The molecule has 6 nitrogen and oxygen atoms in total. The molecule has 0 spiro atoms. The molecule has 4 rings (SSSR count). The monoisotopic (exact) mass is 513 g/mol. The number of nitrogens with zero attached hydrogens (tertiary/aromatic N) is 1. The van der Waals surface area contributed by atoms with Crippen LogP contribution in [0.5, 0.6) is 11.5 Å². The molecule has 1 heterocycles. The van der Waals surface area contributed by atoms with Crippen LogP contribution in [-0.4, -0.2) is 35.4 Å². The van der Waals surface area contributed by atoms with E-state index in [1.54, 1.807) is 19.2 Å². The van der Waals surface area contributed by atoms with E-state index in [1.807, 2.05) is 68.4 Å². The third kappa shape index (κ3) is 5.59. The lowest BCUT2D eigenvalue weighted by molar-refractivity contribution is -0.140. The zero-order chi connectivity index (χ0) is 27.2. The van der Waals surface area contributed by atoms with Crippen LogP contribution in [0.3, 0.4) is 0 Å². The van der Waals surface area contributed by atoms with Crippen molar-refractivity contribution in [3.05, 3.63) is 100 Å². The number of ether oxygens (including phenoxy) is 2. The summed E-state index contributed by atoms with van der Waals surface area (Å²) < 4.78 is 11.6. The number of aliphatic hydroxyl groups is 1. The van der Waals surface area contributed by atoms with Gasteiger partial charge in [-0.1, -0.05) is 73.9 Å². The number of benzene rings is 3. The molecule has 0 aromatic heterocycles. The van der Waals surface area contributed by atoms with Gasteiger partial charge in [-0.25, -0.2) is 0 Å². The Morgan fingerprint density at radius 1 is 0.947 bits per heavy atom. The van der Waals surface area contributed by atoms with Crippen molar-refractivity contribution < 1.29 is 24.2 Å². The van der Waals surface area contributed by atoms with Gasteiger partial charge >= 0.3 is 0 Å². The number of aliphatic hydroxyl groups excluding tert-OH is 1.